The van der Waals surface area contributed by atoms with Crippen LogP contribution < -0.4 is 5.32 Å². The molecule has 0 aliphatic heterocycles. The average Bonchev–Trinajstić information content (AvgIpc) is 3.18. The maximum absolute atomic E-state index is 12.0. The largest absolute Gasteiger partial charge is 0.411 e. The van der Waals surface area contributed by atoms with E-state index in [1.807, 2.05) is 43.3 Å². The van der Waals surface area contributed by atoms with Gasteiger partial charge >= 0.3 is 0 Å². The van der Waals surface area contributed by atoms with Crippen molar-refractivity contribution in [2.75, 3.05) is 18.1 Å². The summed E-state index contributed by atoms with van der Waals surface area (Å²) < 4.78 is 5.66. The van der Waals surface area contributed by atoms with E-state index in [-0.39, 0.29) is 11.7 Å². The molecule has 0 radical (unpaired) electrons. The normalized spacial score (nSPS) is 10.8. The smallest absolute Gasteiger partial charge is 0.277 e. The molecular formula is C21H23N3O2S2. The SMILES string of the molecule is Cc1ccc(-c2nnc(SCC(=O)NCCSCc3ccccc3)o2)cc1C. The van der Waals surface area contributed by atoms with Crippen molar-refractivity contribution in [2.45, 2.75) is 24.8 Å². The van der Waals surface area contributed by atoms with Gasteiger partial charge < -0.3 is 9.73 Å². The summed E-state index contributed by atoms with van der Waals surface area (Å²) in [5, 5.41) is 11.4. The number of amides is 1. The van der Waals surface area contributed by atoms with Crippen molar-refractivity contribution in [1.29, 1.82) is 0 Å². The first-order chi connectivity index (χ1) is 13.6. The maximum Gasteiger partial charge on any atom is 0.277 e. The van der Waals surface area contributed by atoms with E-state index in [4.69, 9.17) is 4.42 Å². The summed E-state index contributed by atoms with van der Waals surface area (Å²) in [5.74, 6) is 2.54. The number of rotatable bonds is 9. The Morgan fingerprint density at radius 2 is 1.89 bits per heavy atom. The molecular weight excluding hydrogens is 390 g/mol. The van der Waals surface area contributed by atoms with E-state index in [1.165, 1.54) is 28.5 Å². The van der Waals surface area contributed by atoms with E-state index in [0.29, 0.717) is 17.7 Å². The number of hydrogen-bond acceptors (Lipinski definition) is 6. The minimum Gasteiger partial charge on any atom is -0.411 e. The Morgan fingerprint density at radius 3 is 2.68 bits per heavy atom. The molecule has 28 heavy (non-hydrogen) atoms. The van der Waals surface area contributed by atoms with Gasteiger partial charge in [0.25, 0.3) is 5.22 Å². The Kier molecular flexibility index (Phi) is 7.56. The summed E-state index contributed by atoms with van der Waals surface area (Å²) in [7, 11) is 0. The summed E-state index contributed by atoms with van der Waals surface area (Å²) in [5.41, 5.74) is 4.58. The molecule has 0 atom stereocenters. The van der Waals surface area contributed by atoms with E-state index < -0.39 is 0 Å². The Morgan fingerprint density at radius 1 is 1.07 bits per heavy atom. The molecule has 0 bridgehead atoms. The fraction of sp³-hybridized carbons (Fsp3) is 0.286. The predicted molar refractivity (Wildman–Crippen MR) is 116 cm³/mol. The molecule has 0 saturated carbocycles. The van der Waals surface area contributed by atoms with Gasteiger partial charge in [0.05, 0.1) is 5.75 Å². The number of nitrogens with zero attached hydrogens (tertiary/aromatic N) is 2. The second kappa shape index (κ2) is 10.3. The molecule has 1 amide bonds. The number of carbonyl (C=O) groups excluding carboxylic acids is 1. The van der Waals surface area contributed by atoms with Crippen LogP contribution in [0, 0.1) is 13.8 Å². The number of carbonyl (C=O) groups is 1. The zero-order chi connectivity index (χ0) is 19.8. The highest BCUT2D eigenvalue weighted by Crippen LogP contribution is 2.24. The molecule has 1 N–H and O–H groups in total. The number of nitrogens with one attached hydrogen (secondary N) is 1. The molecule has 3 aromatic rings. The minimum atomic E-state index is -0.0313. The van der Waals surface area contributed by atoms with Gasteiger partial charge in [-0.05, 0) is 42.7 Å². The quantitative estimate of drug-likeness (QED) is 0.412. The number of thioether (sulfide) groups is 2. The number of benzene rings is 2. The highest BCUT2D eigenvalue weighted by atomic mass is 32.2. The predicted octanol–water partition coefficient (Wildman–Crippen LogP) is 4.50. The number of aryl methyl sites for hydroxylation is 2. The Hall–Kier alpha value is -2.25. The van der Waals surface area contributed by atoms with Crippen molar-refractivity contribution < 1.29 is 9.21 Å². The molecule has 5 nitrogen and oxygen atoms in total. The molecule has 1 aromatic heterocycles. The fourth-order valence-corrected chi connectivity index (χ4v) is 3.88. The molecule has 1 heterocycles. The van der Waals surface area contributed by atoms with E-state index in [9.17, 15) is 4.79 Å². The second-order valence-corrected chi connectivity index (χ2v) is 8.38. The summed E-state index contributed by atoms with van der Waals surface area (Å²) in [4.78, 5) is 12.0. The molecule has 0 aliphatic rings. The molecule has 0 saturated heterocycles. The van der Waals surface area contributed by atoms with Gasteiger partial charge in [0, 0.05) is 23.6 Å². The average molecular weight is 414 g/mol. The van der Waals surface area contributed by atoms with Crippen LogP contribution in [0.15, 0.2) is 58.2 Å². The first kappa shape index (κ1) is 20.5. The fourth-order valence-electron chi connectivity index (χ4n) is 2.46. The minimum absolute atomic E-state index is 0.0313. The van der Waals surface area contributed by atoms with E-state index in [2.05, 4.69) is 34.6 Å². The Balaban J connectivity index is 1.36. The monoisotopic (exact) mass is 413 g/mol. The third kappa shape index (κ3) is 6.14. The van der Waals surface area contributed by atoms with Crippen LogP contribution >= 0.6 is 23.5 Å². The lowest BCUT2D eigenvalue weighted by atomic mass is 10.1. The van der Waals surface area contributed by atoms with E-state index in [1.54, 1.807) is 11.8 Å². The highest BCUT2D eigenvalue weighted by molar-refractivity contribution is 7.99. The van der Waals surface area contributed by atoms with Gasteiger partial charge in [-0.1, -0.05) is 48.2 Å². The third-order valence-corrected chi connectivity index (χ3v) is 6.02. The van der Waals surface area contributed by atoms with Crippen LogP contribution in [0.2, 0.25) is 0 Å². The molecule has 146 valence electrons. The lowest BCUT2D eigenvalue weighted by molar-refractivity contribution is -0.118. The summed E-state index contributed by atoms with van der Waals surface area (Å²) in [6.45, 7) is 4.76. The molecule has 0 aliphatic carbocycles. The van der Waals surface area contributed by atoms with Crippen molar-refractivity contribution in [1.82, 2.24) is 15.5 Å². The molecule has 3 rings (SSSR count). The van der Waals surface area contributed by atoms with Crippen molar-refractivity contribution in [3.63, 3.8) is 0 Å². The lowest BCUT2D eigenvalue weighted by Crippen LogP contribution is -2.27. The van der Waals surface area contributed by atoms with E-state index >= 15 is 0 Å². The first-order valence-electron chi connectivity index (χ1n) is 9.04. The van der Waals surface area contributed by atoms with Gasteiger partial charge in [-0.3, -0.25) is 4.79 Å². The summed E-state index contributed by atoms with van der Waals surface area (Å²) in [6, 6.07) is 16.3. The van der Waals surface area contributed by atoms with Crippen molar-refractivity contribution in [3.05, 3.63) is 65.2 Å². The van der Waals surface area contributed by atoms with Crippen LogP contribution in [0.1, 0.15) is 16.7 Å². The van der Waals surface area contributed by atoms with Gasteiger partial charge in [-0.15, -0.1) is 10.2 Å². The highest BCUT2D eigenvalue weighted by Gasteiger charge is 2.11. The summed E-state index contributed by atoms with van der Waals surface area (Å²) >= 11 is 3.06. The van der Waals surface area contributed by atoms with Crippen LogP contribution in [0.5, 0.6) is 0 Å². The summed E-state index contributed by atoms with van der Waals surface area (Å²) in [6.07, 6.45) is 0. The van der Waals surface area contributed by atoms with Crippen LogP contribution in [-0.4, -0.2) is 34.2 Å². The molecule has 2 aromatic carbocycles. The standard InChI is InChI=1S/C21H23N3O2S2/c1-15-8-9-18(12-16(15)2)20-23-24-21(26-20)28-14-19(25)22-10-11-27-13-17-6-4-3-5-7-17/h3-9,12H,10-11,13-14H2,1-2H3,(H,22,25). The molecule has 0 spiro atoms. The molecule has 0 unspecified atom stereocenters. The third-order valence-electron chi connectivity index (χ3n) is 4.17. The van der Waals surface area contributed by atoms with Crippen LogP contribution in [-0.2, 0) is 10.5 Å². The lowest BCUT2D eigenvalue weighted by Gasteiger charge is -2.04. The zero-order valence-electron chi connectivity index (χ0n) is 16.0. The van der Waals surface area contributed by atoms with Gasteiger partial charge in [-0.2, -0.15) is 11.8 Å². The van der Waals surface area contributed by atoms with Crippen LogP contribution in [0.3, 0.4) is 0 Å². The van der Waals surface area contributed by atoms with Gasteiger partial charge in [-0.25, -0.2) is 0 Å². The van der Waals surface area contributed by atoms with Crippen LogP contribution in [0.4, 0.5) is 0 Å². The second-order valence-electron chi connectivity index (χ2n) is 6.35. The first-order valence-corrected chi connectivity index (χ1v) is 11.2. The number of hydrogen-bond donors (Lipinski definition) is 1. The van der Waals surface area contributed by atoms with Gasteiger partial charge in [0.15, 0.2) is 0 Å². The number of aromatic nitrogens is 2. The van der Waals surface area contributed by atoms with E-state index in [0.717, 1.165) is 17.1 Å². The van der Waals surface area contributed by atoms with Crippen molar-refractivity contribution in [2.24, 2.45) is 0 Å². The maximum atomic E-state index is 12.0. The zero-order valence-corrected chi connectivity index (χ0v) is 17.6. The molecule has 7 heteroatoms. The molecule has 0 fully saturated rings. The van der Waals surface area contributed by atoms with Crippen LogP contribution in [0.25, 0.3) is 11.5 Å². The van der Waals surface area contributed by atoms with Crippen molar-refractivity contribution >= 4 is 29.4 Å². The topological polar surface area (TPSA) is 68.0 Å². The Labute approximate surface area is 173 Å². The van der Waals surface area contributed by atoms with Crippen molar-refractivity contribution in [3.8, 4) is 11.5 Å². The van der Waals surface area contributed by atoms with Gasteiger partial charge in [0.2, 0.25) is 11.8 Å². The Bertz CT molecular complexity index is 913. The van der Waals surface area contributed by atoms with Gasteiger partial charge in [0.1, 0.15) is 0 Å².